The van der Waals surface area contributed by atoms with Crippen LogP contribution in [0.3, 0.4) is 0 Å². The first kappa shape index (κ1) is 16.1. The number of amides is 1. The number of esters is 1. The second-order valence-corrected chi connectivity index (χ2v) is 3.15. The van der Waals surface area contributed by atoms with Crippen LogP contribution in [0.5, 0.6) is 5.75 Å². The van der Waals surface area contributed by atoms with Gasteiger partial charge >= 0.3 is 5.97 Å². The van der Waals surface area contributed by atoms with Gasteiger partial charge in [-0.3, -0.25) is 9.59 Å². The van der Waals surface area contributed by atoms with Crippen molar-refractivity contribution < 1.29 is 18.7 Å². The number of rotatable bonds is 3. The van der Waals surface area contributed by atoms with Crippen molar-refractivity contribution in [1.29, 1.82) is 0 Å². The van der Waals surface area contributed by atoms with Crippen LogP contribution in [0.2, 0.25) is 0 Å². The van der Waals surface area contributed by atoms with Gasteiger partial charge in [0, 0.05) is 19.4 Å². The highest BCUT2D eigenvalue weighted by atomic mass is 19.1. The molecule has 0 aromatic heterocycles. The molecule has 0 aliphatic carbocycles. The van der Waals surface area contributed by atoms with Crippen molar-refractivity contribution in [2.24, 2.45) is 0 Å². The Balaban J connectivity index is 0.00000137. The van der Waals surface area contributed by atoms with Gasteiger partial charge in [0.05, 0.1) is 5.69 Å². The van der Waals surface area contributed by atoms with Gasteiger partial charge in [0.25, 0.3) is 0 Å². The van der Waals surface area contributed by atoms with Crippen molar-refractivity contribution in [2.75, 3.05) is 5.32 Å². The second-order valence-electron chi connectivity index (χ2n) is 3.15. The summed E-state index contributed by atoms with van der Waals surface area (Å²) in [4.78, 5) is 21.8. The molecule has 1 N–H and O–H groups in total. The molecule has 0 spiro atoms. The van der Waals surface area contributed by atoms with Gasteiger partial charge in [-0.1, -0.05) is 20.8 Å². The Morgan fingerprint density at radius 2 is 1.94 bits per heavy atom. The number of carbonyl (C=O) groups excluding carboxylic acids is 2. The first-order chi connectivity index (χ1) is 8.52. The Bertz CT molecular complexity index is 419. The van der Waals surface area contributed by atoms with E-state index in [2.05, 4.69) is 5.32 Å². The van der Waals surface area contributed by atoms with Crippen LogP contribution in [-0.4, -0.2) is 11.9 Å². The molecule has 5 heteroatoms. The minimum absolute atomic E-state index is 0.00565. The van der Waals surface area contributed by atoms with Crippen LogP contribution >= 0.6 is 0 Å². The molecule has 0 bridgehead atoms. The molecule has 0 aliphatic heterocycles. The summed E-state index contributed by atoms with van der Waals surface area (Å²) in [5.74, 6) is -1.18. The van der Waals surface area contributed by atoms with Crippen molar-refractivity contribution in [3.63, 3.8) is 0 Å². The number of halogens is 1. The van der Waals surface area contributed by atoms with Crippen molar-refractivity contribution in [3.8, 4) is 5.75 Å². The zero-order chi connectivity index (χ0) is 14.1. The van der Waals surface area contributed by atoms with E-state index in [1.165, 1.54) is 19.1 Å². The third kappa shape index (κ3) is 5.43. The highest BCUT2D eigenvalue weighted by molar-refractivity contribution is 5.89. The van der Waals surface area contributed by atoms with Crippen molar-refractivity contribution >= 4 is 17.6 Å². The molecule has 0 heterocycles. The number of hydrogen-bond donors (Lipinski definition) is 1. The van der Waals surface area contributed by atoms with Crippen LogP contribution in [0.15, 0.2) is 18.2 Å². The average molecular weight is 255 g/mol. The number of anilines is 1. The standard InChI is InChI=1S/C11H12FNO3.C2H6/c1-3-11(15)16-8-4-5-9(12)10(6-8)13-7(2)14;1-2/h4-6H,3H2,1-2H3,(H,13,14);1-2H3. The number of ether oxygens (including phenoxy) is 1. The summed E-state index contributed by atoms with van der Waals surface area (Å²) in [7, 11) is 0. The van der Waals surface area contributed by atoms with Gasteiger partial charge in [-0.2, -0.15) is 0 Å². The zero-order valence-electron chi connectivity index (χ0n) is 11.0. The first-order valence-corrected chi connectivity index (χ1v) is 5.80. The molecule has 0 saturated heterocycles. The molecule has 100 valence electrons. The maximum Gasteiger partial charge on any atom is 0.310 e. The fourth-order valence-corrected chi connectivity index (χ4v) is 1.06. The number of hydrogen-bond acceptors (Lipinski definition) is 3. The molecule has 1 aromatic rings. The predicted molar refractivity (Wildman–Crippen MR) is 68.0 cm³/mol. The molecule has 0 atom stereocenters. The Kier molecular flexibility index (Phi) is 7.35. The molecule has 1 aromatic carbocycles. The summed E-state index contributed by atoms with van der Waals surface area (Å²) in [5, 5.41) is 2.30. The van der Waals surface area contributed by atoms with Crippen molar-refractivity contribution in [3.05, 3.63) is 24.0 Å². The molecule has 0 saturated carbocycles. The first-order valence-electron chi connectivity index (χ1n) is 5.80. The van der Waals surface area contributed by atoms with E-state index in [4.69, 9.17) is 4.74 Å². The van der Waals surface area contributed by atoms with Crippen LogP contribution in [0.25, 0.3) is 0 Å². The Hall–Kier alpha value is -1.91. The van der Waals surface area contributed by atoms with Crippen LogP contribution in [-0.2, 0) is 9.59 Å². The van der Waals surface area contributed by atoms with Gasteiger partial charge in [-0.25, -0.2) is 4.39 Å². The van der Waals surface area contributed by atoms with E-state index in [9.17, 15) is 14.0 Å². The maximum atomic E-state index is 13.2. The Labute approximate surface area is 106 Å². The molecule has 1 rings (SSSR count). The molecular weight excluding hydrogens is 237 g/mol. The van der Waals surface area contributed by atoms with E-state index in [1.807, 2.05) is 13.8 Å². The maximum absolute atomic E-state index is 13.2. The fourth-order valence-electron chi connectivity index (χ4n) is 1.06. The van der Waals surface area contributed by atoms with E-state index >= 15 is 0 Å². The van der Waals surface area contributed by atoms with E-state index in [-0.39, 0.29) is 17.9 Å². The average Bonchev–Trinajstić information content (AvgIpc) is 2.35. The van der Waals surface area contributed by atoms with Crippen LogP contribution < -0.4 is 10.1 Å². The molecule has 0 aliphatic rings. The molecule has 1 amide bonds. The van der Waals surface area contributed by atoms with Gasteiger partial charge in [-0.15, -0.1) is 0 Å². The minimum Gasteiger partial charge on any atom is -0.426 e. The lowest BCUT2D eigenvalue weighted by molar-refractivity contribution is -0.134. The lowest BCUT2D eigenvalue weighted by Crippen LogP contribution is -2.09. The minimum atomic E-state index is -0.577. The quantitative estimate of drug-likeness (QED) is 0.667. The largest absolute Gasteiger partial charge is 0.426 e. The van der Waals surface area contributed by atoms with Crippen molar-refractivity contribution in [1.82, 2.24) is 0 Å². The third-order valence-corrected chi connectivity index (χ3v) is 1.77. The van der Waals surface area contributed by atoms with E-state index in [0.29, 0.717) is 0 Å². The van der Waals surface area contributed by atoms with Crippen molar-refractivity contribution in [2.45, 2.75) is 34.1 Å². The Morgan fingerprint density at radius 3 is 2.44 bits per heavy atom. The Morgan fingerprint density at radius 1 is 1.33 bits per heavy atom. The van der Waals surface area contributed by atoms with Crippen LogP contribution in [0, 0.1) is 5.82 Å². The zero-order valence-corrected chi connectivity index (χ0v) is 11.0. The predicted octanol–water partition coefficient (Wildman–Crippen LogP) is 3.13. The number of carbonyl (C=O) groups is 2. The highest BCUT2D eigenvalue weighted by Gasteiger charge is 2.07. The SMILES string of the molecule is CC.CCC(=O)Oc1ccc(F)c(NC(C)=O)c1. The van der Waals surface area contributed by atoms with Gasteiger partial charge in [-0.05, 0) is 12.1 Å². The monoisotopic (exact) mass is 255 g/mol. The normalized spacial score (nSPS) is 8.94. The molecule has 18 heavy (non-hydrogen) atoms. The van der Waals surface area contributed by atoms with E-state index < -0.39 is 17.7 Å². The van der Waals surface area contributed by atoms with Gasteiger partial charge in [0.15, 0.2) is 0 Å². The van der Waals surface area contributed by atoms with Gasteiger partial charge < -0.3 is 10.1 Å². The summed E-state index contributed by atoms with van der Waals surface area (Å²) >= 11 is 0. The lowest BCUT2D eigenvalue weighted by atomic mass is 10.3. The van der Waals surface area contributed by atoms with Gasteiger partial charge in [0.1, 0.15) is 11.6 Å². The molecule has 0 unspecified atom stereocenters. The molecule has 0 radical (unpaired) electrons. The molecule has 4 nitrogen and oxygen atoms in total. The third-order valence-electron chi connectivity index (χ3n) is 1.77. The highest BCUT2D eigenvalue weighted by Crippen LogP contribution is 2.21. The van der Waals surface area contributed by atoms with Crippen LogP contribution in [0.4, 0.5) is 10.1 Å². The lowest BCUT2D eigenvalue weighted by Gasteiger charge is -2.07. The van der Waals surface area contributed by atoms with Crippen LogP contribution in [0.1, 0.15) is 34.1 Å². The van der Waals surface area contributed by atoms with E-state index in [1.54, 1.807) is 6.92 Å². The smallest absolute Gasteiger partial charge is 0.310 e. The summed E-state index contributed by atoms with van der Waals surface area (Å²) in [5.41, 5.74) is -0.00565. The summed E-state index contributed by atoms with van der Waals surface area (Å²) in [6.45, 7) is 6.92. The fraction of sp³-hybridized carbons (Fsp3) is 0.385. The number of benzene rings is 1. The van der Waals surface area contributed by atoms with E-state index in [0.717, 1.165) is 6.07 Å². The van der Waals surface area contributed by atoms with Gasteiger partial charge in [0.2, 0.25) is 5.91 Å². The summed E-state index contributed by atoms with van der Waals surface area (Å²) < 4.78 is 18.1. The summed E-state index contributed by atoms with van der Waals surface area (Å²) in [6, 6.07) is 3.72. The second kappa shape index (κ2) is 8.22. The molecule has 0 fully saturated rings. The number of nitrogens with one attached hydrogen (secondary N) is 1. The topological polar surface area (TPSA) is 55.4 Å². The summed E-state index contributed by atoms with van der Waals surface area (Å²) in [6.07, 6.45) is 0.229. The molecular formula is C13H18FNO3.